The van der Waals surface area contributed by atoms with Crippen LogP contribution in [0.4, 0.5) is 4.39 Å². The predicted molar refractivity (Wildman–Crippen MR) is 59.7 cm³/mol. The lowest BCUT2D eigenvalue weighted by molar-refractivity contribution is -0.114. The van der Waals surface area contributed by atoms with E-state index in [0.717, 1.165) is 30.0 Å². The molecule has 0 saturated heterocycles. The van der Waals surface area contributed by atoms with E-state index in [4.69, 9.17) is 0 Å². The molecule has 1 aliphatic rings. The molecule has 0 bridgehead atoms. The maximum atomic E-state index is 13.0. The smallest absolute Gasteiger partial charge is 0.123 e. The Morgan fingerprint density at radius 3 is 2.88 bits per heavy atom. The molecule has 16 heavy (non-hydrogen) atoms. The minimum Gasteiger partial charge on any atom is -0.344 e. The van der Waals surface area contributed by atoms with Crippen LogP contribution in [-0.2, 0) is 4.79 Å². The summed E-state index contributed by atoms with van der Waals surface area (Å²) in [6, 6.07) is 7.15. The summed E-state index contributed by atoms with van der Waals surface area (Å²) in [6.45, 7) is 0. The first-order chi connectivity index (χ1) is 7.78. The molecule has 2 aromatic rings. The Morgan fingerprint density at radius 2 is 2.12 bits per heavy atom. The maximum Gasteiger partial charge on any atom is 0.123 e. The first-order valence-corrected chi connectivity index (χ1v) is 5.49. The Hall–Kier alpha value is -1.64. The van der Waals surface area contributed by atoms with Gasteiger partial charge in [0.1, 0.15) is 12.1 Å². The fraction of sp³-hybridized carbons (Fsp3) is 0.308. The summed E-state index contributed by atoms with van der Waals surface area (Å²) in [5, 5.41) is 0.926. The first-order valence-electron chi connectivity index (χ1n) is 5.49. The average Bonchev–Trinajstić information content (AvgIpc) is 2.60. The molecule has 3 heteroatoms. The van der Waals surface area contributed by atoms with Crippen LogP contribution in [0.15, 0.2) is 30.5 Å². The molecule has 1 heterocycles. The van der Waals surface area contributed by atoms with Gasteiger partial charge in [-0.1, -0.05) is 0 Å². The Bertz CT molecular complexity index is 540. The Kier molecular flexibility index (Phi) is 2.06. The maximum absolute atomic E-state index is 13.0. The number of aromatic nitrogens is 1. The topological polar surface area (TPSA) is 22.0 Å². The van der Waals surface area contributed by atoms with Gasteiger partial charge in [-0.05, 0) is 37.1 Å². The number of hydrogen-bond acceptors (Lipinski definition) is 1. The summed E-state index contributed by atoms with van der Waals surface area (Å²) in [4.78, 5) is 10.6. The van der Waals surface area contributed by atoms with Gasteiger partial charge in [0.2, 0.25) is 0 Å². The highest BCUT2D eigenvalue weighted by atomic mass is 19.1. The minimum atomic E-state index is -0.204. The molecule has 0 unspecified atom stereocenters. The molecular weight excluding hydrogens is 205 g/mol. The number of nitrogens with zero attached hydrogens (tertiary/aromatic N) is 1. The van der Waals surface area contributed by atoms with E-state index >= 15 is 0 Å². The molecule has 1 fully saturated rings. The number of carbonyl (C=O) groups excluding carboxylic acids is 1. The molecule has 1 aromatic heterocycles. The lowest BCUT2D eigenvalue weighted by Gasteiger charge is -2.33. The van der Waals surface area contributed by atoms with Gasteiger partial charge in [0.25, 0.3) is 0 Å². The molecule has 3 rings (SSSR count). The van der Waals surface area contributed by atoms with E-state index in [0.29, 0.717) is 6.04 Å². The van der Waals surface area contributed by atoms with E-state index in [2.05, 4.69) is 4.57 Å². The van der Waals surface area contributed by atoms with Crippen molar-refractivity contribution >= 4 is 17.2 Å². The fourth-order valence-corrected chi connectivity index (χ4v) is 2.42. The van der Waals surface area contributed by atoms with E-state index in [1.807, 2.05) is 12.3 Å². The van der Waals surface area contributed by atoms with Crippen molar-refractivity contribution in [1.29, 1.82) is 0 Å². The molecule has 0 aliphatic heterocycles. The number of rotatable bonds is 2. The standard InChI is InChI=1S/C13H12FNO/c14-11-1-2-13-10(7-11)3-4-15(13)12-5-9(6-12)8-16/h1-4,7-9,12H,5-6H2. The van der Waals surface area contributed by atoms with Gasteiger partial charge in [-0.3, -0.25) is 0 Å². The molecular formula is C13H12FNO. The zero-order valence-corrected chi connectivity index (χ0v) is 8.77. The van der Waals surface area contributed by atoms with Gasteiger partial charge >= 0.3 is 0 Å². The van der Waals surface area contributed by atoms with Crippen LogP contribution in [0.25, 0.3) is 10.9 Å². The van der Waals surface area contributed by atoms with Crippen molar-refractivity contribution in [2.75, 3.05) is 0 Å². The molecule has 0 amide bonds. The summed E-state index contributed by atoms with van der Waals surface area (Å²) >= 11 is 0. The lowest BCUT2D eigenvalue weighted by atomic mass is 9.81. The van der Waals surface area contributed by atoms with E-state index in [9.17, 15) is 9.18 Å². The van der Waals surface area contributed by atoms with E-state index in [1.54, 1.807) is 12.1 Å². The second-order valence-electron chi connectivity index (χ2n) is 4.45. The van der Waals surface area contributed by atoms with Gasteiger partial charge in [-0.2, -0.15) is 0 Å². The van der Waals surface area contributed by atoms with Gasteiger partial charge in [0, 0.05) is 29.1 Å². The van der Waals surface area contributed by atoms with Gasteiger partial charge in [0.15, 0.2) is 0 Å². The van der Waals surface area contributed by atoms with Crippen LogP contribution in [0, 0.1) is 11.7 Å². The predicted octanol–water partition coefficient (Wildman–Crippen LogP) is 2.93. The molecule has 1 aliphatic carbocycles. The summed E-state index contributed by atoms with van der Waals surface area (Å²) in [5.41, 5.74) is 1.05. The quantitative estimate of drug-likeness (QED) is 0.709. The zero-order valence-electron chi connectivity index (χ0n) is 8.77. The Morgan fingerprint density at radius 1 is 1.31 bits per heavy atom. The summed E-state index contributed by atoms with van der Waals surface area (Å²) in [6.07, 6.45) is 4.83. The van der Waals surface area contributed by atoms with E-state index in [1.165, 1.54) is 6.07 Å². The van der Waals surface area contributed by atoms with Crippen molar-refractivity contribution < 1.29 is 9.18 Å². The van der Waals surface area contributed by atoms with Crippen LogP contribution in [0.2, 0.25) is 0 Å². The third-order valence-electron chi connectivity index (χ3n) is 3.42. The van der Waals surface area contributed by atoms with Crippen molar-refractivity contribution in [3.63, 3.8) is 0 Å². The number of halogens is 1. The number of carbonyl (C=O) groups is 1. The van der Waals surface area contributed by atoms with Gasteiger partial charge in [-0.15, -0.1) is 0 Å². The normalized spacial score (nSPS) is 24.3. The number of benzene rings is 1. The van der Waals surface area contributed by atoms with E-state index in [-0.39, 0.29) is 11.7 Å². The molecule has 0 radical (unpaired) electrons. The van der Waals surface area contributed by atoms with Crippen LogP contribution in [0.3, 0.4) is 0 Å². The van der Waals surface area contributed by atoms with Crippen LogP contribution in [-0.4, -0.2) is 10.9 Å². The van der Waals surface area contributed by atoms with E-state index < -0.39 is 0 Å². The van der Waals surface area contributed by atoms with Crippen molar-refractivity contribution in [2.45, 2.75) is 18.9 Å². The first kappa shape index (κ1) is 9.58. The molecule has 0 spiro atoms. The largest absolute Gasteiger partial charge is 0.344 e. The third-order valence-corrected chi connectivity index (χ3v) is 3.42. The van der Waals surface area contributed by atoms with Crippen molar-refractivity contribution in [3.05, 3.63) is 36.3 Å². The number of aldehydes is 1. The highest BCUT2D eigenvalue weighted by Crippen LogP contribution is 2.38. The van der Waals surface area contributed by atoms with Crippen LogP contribution < -0.4 is 0 Å². The van der Waals surface area contributed by atoms with Crippen LogP contribution in [0.5, 0.6) is 0 Å². The van der Waals surface area contributed by atoms with Crippen molar-refractivity contribution in [1.82, 2.24) is 4.57 Å². The molecule has 0 N–H and O–H groups in total. The fourth-order valence-electron chi connectivity index (χ4n) is 2.42. The number of hydrogen-bond donors (Lipinski definition) is 0. The third kappa shape index (κ3) is 1.35. The Balaban J connectivity index is 1.96. The number of fused-ring (bicyclic) bond motifs is 1. The molecule has 1 saturated carbocycles. The minimum absolute atomic E-state index is 0.204. The lowest BCUT2D eigenvalue weighted by Crippen LogP contribution is -2.27. The SMILES string of the molecule is O=CC1CC(n2ccc3cc(F)ccc32)C1. The average molecular weight is 217 g/mol. The molecule has 1 aromatic carbocycles. The summed E-state index contributed by atoms with van der Waals surface area (Å²) in [7, 11) is 0. The highest BCUT2D eigenvalue weighted by molar-refractivity contribution is 5.80. The van der Waals surface area contributed by atoms with Crippen LogP contribution >= 0.6 is 0 Å². The highest BCUT2D eigenvalue weighted by Gasteiger charge is 2.30. The van der Waals surface area contributed by atoms with Crippen molar-refractivity contribution in [2.24, 2.45) is 5.92 Å². The van der Waals surface area contributed by atoms with Gasteiger partial charge in [0.05, 0.1) is 0 Å². The Labute approximate surface area is 92.7 Å². The molecule has 0 atom stereocenters. The summed E-state index contributed by atoms with van der Waals surface area (Å²) < 4.78 is 15.2. The molecule has 82 valence electrons. The molecule has 2 nitrogen and oxygen atoms in total. The summed E-state index contributed by atoms with van der Waals surface area (Å²) in [5.74, 6) is 0.00697. The van der Waals surface area contributed by atoms with Gasteiger partial charge in [-0.25, -0.2) is 4.39 Å². The second kappa shape index (κ2) is 3.44. The van der Waals surface area contributed by atoms with Gasteiger partial charge < -0.3 is 9.36 Å². The monoisotopic (exact) mass is 217 g/mol. The zero-order chi connectivity index (χ0) is 11.1. The van der Waals surface area contributed by atoms with Crippen molar-refractivity contribution in [3.8, 4) is 0 Å². The van der Waals surface area contributed by atoms with Crippen LogP contribution in [0.1, 0.15) is 18.9 Å². The second-order valence-corrected chi connectivity index (χ2v) is 4.45.